The Labute approximate surface area is 242 Å². The van der Waals surface area contributed by atoms with Gasteiger partial charge in [0, 0.05) is 54.1 Å². The molecule has 1 N–H and O–H groups in total. The van der Waals surface area contributed by atoms with Gasteiger partial charge in [0.2, 0.25) is 5.95 Å². The SMILES string of the molecule is CN1CC[C@H](COn2c(=O)c(-c3c(Cl)cccc3Cl)cc3cnc(Nc4ccc(N5CCOCC5)cc4)nc32)C1. The number of benzene rings is 2. The van der Waals surface area contributed by atoms with E-state index >= 15 is 0 Å². The molecule has 2 fully saturated rings. The highest BCUT2D eigenvalue weighted by Gasteiger charge is 2.23. The average molecular weight is 582 g/mol. The third kappa shape index (κ3) is 5.60. The Morgan fingerprint density at radius 3 is 2.52 bits per heavy atom. The van der Waals surface area contributed by atoms with E-state index in [1.165, 1.54) is 4.73 Å². The van der Waals surface area contributed by atoms with Crippen LogP contribution in [0.5, 0.6) is 0 Å². The van der Waals surface area contributed by atoms with Crippen molar-refractivity contribution < 1.29 is 9.57 Å². The fourth-order valence-corrected chi connectivity index (χ4v) is 5.83. The number of pyridine rings is 1. The maximum Gasteiger partial charge on any atom is 0.293 e. The van der Waals surface area contributed by atoms with Crippen molar-refractivity contribution in [2.45, 2.75) is 6.42 Å². The molecule has 2 aliphatic rings. The van der Waals surface area contributed by atoms with Crippen molar-refractivity contribution in [3.05, 3.63) is 75.1 Å². The molecule has 1 atom stereocenters. The quantitative estimate of drug-likeness (QED) is 0.336. The van der Waals surface area contributed by atoms with Crippen LogP contribution in [0.1, 0.15) is 6.42 Å². The van der Waals surface area contributed by atoms with E-state index < -0.39 is 0 Å². The van der Waals surface area contributed by atoms with E-state index in [0.717, 1.165) is 57.2 Å². The van der Waals surface area contributed by atoms with Crippen molar-refractivity contribution in [1.29, 1.82) is 0 Å². The Kier molecular flexibility index (Phi) is 7.80. The molecule has 2 aliphatic heterocycles. The monoisotopic (exact) mass is 580 g/mol. The van der Waals surface area contributed by atoms with Crippen LogP contribution in [0.3, 0.4) is 0 Å². The van der Waals surface area contributed by atoms with Gasteiger partial charge in [-0.25, -0.2) is 4.98 Å². The maximum absolute atomic E-state index is 13.8. The van der Waals surface area contributed by atoms with Gasteiger partial charge in [0.15, 0.2) is 5.65 Å². The third-order valence-electron chi connectivity index (χ3n) is 7.36. The molecule has 208 valence electrons. The Balaban J connectivity index is 1.34. The molecule has 2 saturated heterocycles. The molecule has 0 spiro atoms. The van der Waals surface area contributed by atoms with E-state index in [4.69, 9.17) is 37.8 Å². The zero-order valence-electron chi connectivity index (χ0n) is 22.1. The highest BCUT2D eigenvalue weighted by atomic mass is 35.5. The summed E-state index contributed by atoms with van der Waals surface area (Å²) < 4.78 is 6.71. The lowest BCUT2D eigenvalue weighted by Crippen LogP contribution is -2.36. The number of fused-ring (bicyclic) bond motifs is 1. The lowest BCUT2D eigenvalue weighted by atomic mass is 10.1. The lowest BCUT2D eigenvalue weighted by Gasteiger charge is -2.28. The summed E-state index contributed by atoms with van der Waals surface area (Å²) in [6.45, 7) is 5.50. The Bertz CT molecular complexity index is 1550. The molecule has 0 aliphatic carbocycles. The zero-order valence-corrected chi connectivity index (χ0v) is 23.7. The molecule has 40 heavy (non-hydrogen) atoms. The van der Waals surface area contributed by atoms with Crippen LogP contribution in [0.2, 0.25) is 10.0 Å². The highest BCUT2D eigenvalue weighted by Crippen LogP contribution is 2.34. The van der Waals surface area contributed by atoms with Crippen LogP contribution in [0.25, 0.3) is 22.2 Å². The van der Waals surface area contributed by atoms with Gasteiger partial charge in [0.05, 0.1) is 28.8 Å². The van der Waals surface area contributed by atoms with Gasteiger partial charge in [0.25, 0.3) is 5.56 Å². The molecule has 9 nitrogen and oxygen atoms in total. The Morgan fingerprint density at radius 2 is 1.82 bits per heavy atom. The molecule has 0 unspecified atom stereocenters. The number of hydrogen-bond donors (Lipinski definition) is 1. The summed E-state index contributed by atoms with van der Waals surface area (Å²) in [6.07, 6.45) is 2.67. The number of likely N-dealkylation sites (tertiary alicyclic amines) is 1. The largest absolute Gasteiger partial charge is 0.408 e. The molecule has 4 heterocycles. The number of hydrogen-bond acceptors (Lipinski definition) is 8. The lowest BCUT2D eigenvalue weighted by molar-refractivity contribution is 0.0833. The molecule has 0 saturated carbocycles. The molecule has 0 radical (unpaired) electrons. The molecular formula is C29H30Cl2N6O3. The fraction of sp³-hybridized carbons (Fsp3) is 0.345. The van der Waals surface area contributed by atoms with E-state index in [2.05, 4.69) is 39.3 Å². The summed E-state index contributed by atoms with van der Waals surface area (Å²) in [5.74, 6) is 0.663. The standard InChI is InChI=1S/C29H30Cl2N6O3/c1-35-10-9-19(17-35)18-40-37-27-20(15-23(28(37)38)26-24(30)3-2-4-25(26)31)16-32-29(34-27)33-21-5-7-22(8-6-21)36-11-13-39-14-12-36/h2-8,15-16,19H,9-14,17-18H2,1H3,(H,32,33,34)/t19-/m0/s1. The van der Waals surface area contributed by atoms with Gasteiger partial charge in [-0.05, 0) is 62.5 Å². The average Bonchev–Trinajstić information content (AvgIpc) is 3.38. The van der Waals surface area contributed by atoms with Gasteiger partial charge in [-0.1, -0.05) is 29.3 Å². The summed E-state index contributed by atoms with van der Waals surface area (Å²) in [5, 5.41) is 4.65. The summed E-state index contributed by atoms with van der Waals surface area (Å²) in [5.41, 5.74) is 2.74. The van der Waals surface area contributed by atoms with Crippen molar-refractivity contribution in [2.75, 3.05) is 63.3 Å². The van der Waals surface area contributed by atoms with E-state index in [-0.39, 0.29) is 5.56 Å². The predicted octanol–water partition coefficient (Wildman–Crippen LogP) is 4.73. The Morgan fingerprint density at radius 1 is 1.07 bits per heavy atom. The number of aromatic nitrogens is 3. The smallest absolute Gasteiger partial charge is 0.293 e. The van der Waals surface area contributed by atoms with Gasteiger partial charge in [-0.3, -0.25) is 4.79 Å². The van der Waals surface area contributed by atoms with Crippen molar-refractivity contribution in [2.24, 2.45) is 5.92 Å². The number of nitrogens with one attached hydrogen (secondary N) is 1. The van der Waals surface area contributed by atoms with E-state index in [1.54, 1.807) is 30.5 Å². The van der Waals surface area contributed by atoms with Crippen LogP contribution in [0, 0.1) is 5.92 Å². The minimum atomic E-state index is -0.381. The van der Waals surface area contributed by atoms with Gasteiger partial charge < -0.3 is 24.7 Å². The van der Waals surface area contributed by atoms with E-state index in [1.807, 2.05) is 12.1 Å². The normalized spacial score (nSPS) is 17.9. The van der Waals surface area contributed by atoms with Crippen molar-refractivity contribution in [1.82, 2.24) is 19.6 Å². The second kappa shape index (κ2) is 11.6. The molecule has 2 aromatic carbocycles. The number of ether oxygens (including phenoxy) is 1. The van der Waals surface area contributed by atoms with Gasteiger partial charge in [-0.2, -0.15) is 4.98 Å². The van der Waals surface area contributed by atoms with Crippen molar-refractivity contribution in [3.8, 4) is 11.1 Å². The molecule has 4 aromatic rings. The summed E-state index contributed by atoms with van der Waals surface area (Å²) in [7, 11) is 2.08. The van der Waals surface area contributed by atoms with Crippen LogP contribution < -0.4 is 20.6 Å². The fourth-order valence-electron chi connectivity index (χ4n) is 5.23. The summed E-state index contributed by atoms with van der Waals surface area (Å²) in [4.78, 5) is 33.8. The van der Waals surface area contributed by atoms with Crippen LogP contribution in [0.4, 0.5) is 17.3 Å². The first-order valence-electron chi connectivity index (χ1n) is 13.3. The van der Waals surface area contributed by atoms with Crippen molar-refractivity contribution >= 4 is 51.6 Å². The van der Waals surface area contributed by atoms with E-state index in [9.17, 15) is 4.79 Å². The van der Waals surface area contributed by atoms with Crippen LogP contribution in [0.15, 0.2) is 59.5 Å². The number of morpholine rings is 1. The van der Waals surface area contributed by atoms with Crippen LogP contribution >= 0.6 is 23.2 Å². The minimum Gasteiger partial charge on any atom is -0.408 e. The molecular weight excluding hydrogens is 551 g/mol. The van der Waals surface area contributed by atoms with Gasteiger partial charge in [0.1, 0.15) is 6.61 Å². The van der Waals surface area contributed by atoms with Crippen LogP contribution in [-0.2, 0) is 4.74 Å². The number of anilines is 3. The first-order valence-corrected chi connectivity index (χ1v) is 14.1. The summed E-state index contributed by atoms with van der Waals surface area (Å²) in [6, 6.07) is 15.0. The first kappa shape index (κ1) is 26.8. The second-order valence-electron chi connectivity index (χ2n) is 10.2. The number of nitrogens with zero attached hydrogens (tertiary/aromatic N) is 5. The van der Waals surface area contributed by atoms with E-state index in [0.29, 0.717) is 50.7 Å². The molecule has 0 bridgehead atoms. The second-order valence-corrected chi connectivity index (χ2v) is 11.0. The molecule has 0 amide bonds. The van der Waals surface area contributed by atoms with Crippen LogP contribution in [-0.4, -0.2) is 72.6 Å². The van der Waals surface area contributed by atoms with Gasteiger partial charge >= 0.3 is 0 Å². The third-order valence-corrected chi connectivity index (χ3v) is 7.99. The Hall–Kier alpha value is -3.37. The van der Waals surface area contributed by atoms with Crippen molar-refractivity contribution in [3.63, 3.8) is 0 Å². The zero-order chi connectivity index (χ0) is 27.6. The molecule has 6 rings (SSSR count). The van der Waals surface area contributed by atoms with Gasteiger partial charge in [-0.15, -0.1) is 4.73 Å². The first-order chi connectivity index (χ1) is 19.5. The highest BCUT2D eigenvalue weighted by molar-refractivity contribution is 6.39. The number of halogens is 2. The molecule has 11 heteroatoms. The maximum atomic E-state index is 13.8. The number of rotatable bonds is 7. The minimum absolute atomic E-state index is 0.309. The predicted molar refractivity (Wildman–Crippen MR) is 159 cm³/mol. The topological polar surface area (TPSA) is 84.8 Å². The molecule has 2 aromatic heterocycles. The summed E-state index contributed by atoms with van der Waals surface area (Å²) >= 11 is 13.0.